The third-order valence-electron chi connectivity index (χ3n) is 4.74. The molecule has 0 bridgehead atoms. The van der Waals surface area contributed by atoms with Crippen LogP contribution in [0.4, 0.5) is 11.4 Å². The highest BCUT2D eigenvalue weighted by Gasteiger charge is 2.28. The van der Waals surface area contributed by atoms with Crippen molar-refractivity contribution in [1.29, 1.82) is 0 Å². The average Bonchev–Trinajstić information content (AvgIpc) is 3.28. The summed E-state index contributed by atoms with van der Waals surface area (Å²) in [6.45, 7) is 1.59. The standard InChI is InChI=1S/C21H18N2O4S/c24-21(15-5-2-1-3-6-15)16-8-9-17(18(13-16)23(25)26)22-10-11-27-19(14-22)20-7-4-12-28-20/h1-9,12-13,19H,10-11,14H2. The maximum Gasteiger partial charge on any atom is 0.293 e. The molecule has 0 spiro atoms. The minimum absolute atomic E-state index is 0.0615. The topological polar surface area (TPSA) is 72.7 Å². The lowest BCUT2D eigenvalue weighted by Gasteiger charge is -2.33. The van der Waals surface area contributed by atoms with Crippen LogP contribution in [0.5, 0.6) is 0 Å². The number of carbonyl (C=O) groups is 1. The zero-order valence-corrected chi connectivity index (χ0v) is 15.8. The number of hydrogen-bond donors (Lipinski definition) is 0. The van der Waals surface area contributed by atoms with Gasteiger partial charge in [-0.15, -0.1) is 11.3 Å². The molecular weight excluding hydrogens is 376 g/mol. The van der Waals surface area contributed by atoms with Gasteiger partial charge in [0.05, 0.1) is 11.5 Å². The fourth-order valence-corrected chi connectivity index (χ4v) is 4.11. The molecule has 0 aliphatic carbocycles. The molecule has 1 aliphatic heterocycles. The van der Waals surface area contributed by atoms with E-state index < -0.39 is 4.92 Å². The predicted octanol–water partition coefficient (Wildman–Crippen LogP) is 4.47. The molecule has 7 heteroatoms. The maximum absolute atomic E-state index is 12.7. The molecule has 6 nitrogen and oxygen atoms in total. The Balaban J connectivity index is 1.64. The van der Waals surface area contributed by atoms with Crippen molar-refractivity contribution in [3.63, 3.8) is 0 Å². The number of hydrogen-bond acceptors (Lipinski definition) is 6. The van der Waals surface area contributed by atoms with Gasteiger partial charge in [-0.05, 0) is 23.6 Å². The summed E-state index contributed by atoms with van der Waals surface area (Å²) >= 11 is 1.61. The molecule has 1 fully saturated rings. The zero-order chi connectivity index (χ0) is 19.5. The van der Waals surface area contributed by atoms with Gasteiger partial charge >= 0.3 is 0 Å². The highest BCUT2D eigenvalue weighted by atomic mass is 32.1. The molecule has 0 saturated carbocycles. The van der Waals surface area contributed by atoms with Crippen molar-refractivity contribution in [3.8, 4) is 0 Å². The number of thiophene rings is 1. The van der Waals surface area contributed by atoms with E-state index >= 15 is 0 Å². The second-order valence-corrected chi connectivity index (χ2v) is 7.46. The first-order chi connectivity index (χ1) is 13.6. The normalized spacial score (nSPS) is 16.7. The van der Waals surface area contributed by atoms with Crippen LogP contribution in [0.25, 0.3) is 0 Å². The smallest absolute Gasteiger partial charge is 0.293 e. The van der Waals surface area contributed by atoms with Gasteiger partial charge in [-0.25, -0.2) is 0 Å². The van der Waals surface area contributed by atoms with Crippen LogP contribution in [0.3, 0.4) is 0 Å². The van der Waals surface area contributed by atoms with Crippen molar-refractivity contribution in [3.05, 3.63) is 92.2 Å². The largest absolute Gasteiger partial charge is 0.369 e. The molecule has 1 unspecified atom stereocenters. The Kier molecular flexibility index (Phi) is 5.18. The van der Waals surface area contributed by atoms with Gasteiger partial charge in [0.25, 0.3) is 5.69 Å². The molecule has 0 radical (unpaired) electrons. The van der Waals surface area contributed by atoms with Gasteiger partial charge in [0.15, 0.2) is 5.78 Å². The molecule has 4 rings (SSSR count). The first-order valence-corrected chi connectivity index (χ1v) is 9.79. The highest BCUT2D eigenvalue weighted by molar-refractivity contribution is 7.10. The SMILES string of the molecule is O=C(c1ccccc1)c1ccc(N2CCOC(c3cccs3)C2)c([N+](=O)[O-])c1. The lowest BCUT2D eigenvalue weighted by molar-refractivity contribution is -0.384. The van der Waals surface area contributed by atoms with Gasteiger partial charge in [0, 0.05) is 35.2 Å². The lowest BCUT2D eigenvalue weighted by atomic mass is 10.0. The molecule has 1 saturated heterocycles. The number of ketones is 1. The summed E-state index contributed by atoms with van der Waals surface area (Å²) in [5.74, 6) is -0.228. The van der Waals surface area contributed by atoms with Crippen molar-refractivity contribution in [1.82, 2.24) is 0 Å². The van der Waals surface area contributed by atoms with E-state index in [0.717, 1.165) is 4.88 Å². The third kappa shape index (κ3) is 3.67. The van der Waals surface area contributed by atoms with Crippen LogP contribution in [0, 0.1) is 10.1 Å². The van der Waals surface area contributed by atoms with E-state index in [4.69, 9.17) is 4.74 Å². The summed E-state index contributed by atoms with van der Waals surface area (Å²) < 4.78 is 5.84. The predicted molar refractivity (Wildman–Crippen MR) is 108 cm³/mol. The first kappa shape index (κ1) is 18.3. The molecular formula is C21H18N2O4S. The number of rotatable bonds is 5. The number of morpholine rings is 1. The number of ether oxygens (including phenoxy) is 1. The van der Waals surface area contributed by atoms with Crippen LogP contribution in [0.2, 0.25) is 0 Å². The Morgan fingerprint density at radius 1 is 1.11 bits per heavy atom. The summed E-state index contributed by atoms with van der Waals surface area (Å²) in [5.41, 5.74) is 1.27. The van der Waals surface area contributed by atoms with E-state index in [1.54, 1.807) is 47.7 Å². The van der Waals surface area contributed by atoms with Crippen LogP contribution >= 0.6 is 11.3 Å². The van der Waals surface area contributed by atoms with Gasteiger partial charge in [-0.3, -0.25) is 14.9 Å². The Labute approximate surface area is 166 Å². The van der Waals surface area contributed by atoms with Crippen molar-refractivity contribution in [2.24, 2.45) is 0 Å². The quantitative estimate of drug-likeness (QED) is 0.363. The van der Waals surface area contributed by atoms with Crippen LogP contribution in [0.1, 0.15) is 26.9 Å². The molecule has 1 atom stereocenters. The molecule has 2 aromatic carbocycles. The Morgan fingerprint density at radius 3 is 2.64 bits per heavy atom. The molecule has 1 aromatic heterocycles. The van der Waals surface area contributed by atoms with Gasteiger partial charge in [-0.1, -0.05) is 36.4 Å². The summed E-state index contributed by atoms with van der Waals surface area (Å²) in [7, 11) is 0. The van der Waals surface area contributed by atoms with Crippen molar-refractivity contribution in [2.45, 2.75) is 6.10 Å². The number of nitro benzene ring substituents is 1. The molecule has 0 N–H and O–H groups in total. The Hall–Kier alpha value is -3.03. The van der Waals surface area contributed by atoms with Gasteiger partial charge in [0.1, 0.15) is 11.8 Å². The number of nitro groups is 1. The summed E-state index contributed by atoms with van der Waals surface area (Å²) in [6.07, 6.45) is -0.112. The monoisotopic (exact) mass is 394 g/mol. The molecule has 2 heterocycles. The zero-order valence-electron chi connectivity index (χ0n) is 15.0. The molecule has 3 aromatic rings. The first-order valence-electron chi connectivity index (χ1n) is 8.91. The second-order valence-electron chi connectivity index (χ2n) is 6.48. The molecule has 28 heavy (non-hydrogen) atoms. The van der Waals surface area contributed by atoms with E-state index in [0.29, 0.717) is 36.5 Å². The van der Waals surface area contributed by atoms with Crippen molar-refractivity contribution < 1.29 is 14.5 Å². The Morgan fingerprint density at radius 2 is 1.93 bits per heavy atom. The number of nitrogens with zero attached hydrogens (tertiary/aromatic N) is 2. The summed E-state index contributed by atoms with van der Waals surface area (Å²) in [4.78, 5) is 27.0. The minimum Gasteiger partial charge on any atom is -0.369 e. The van der Waals surface area contributed by atoms with E-state index in [9.17, 15) is 14.9 Å². The maximum atomic E-state index is 12.7. The van der Waals surface area contributed by atoms with Crippen LogP contribution in [-0.2, 0) is 4.74 Å². The van der Waals surface area contributed by atoms with E-state index in [1.165, 1.54) is 6.07 Å². The van der Waals surface area contributed by atoms with Crippen molar-refractivity contribution in [2.75, 3.05) is 24.6 Å². The average molecular weight is 394 g/mol. The van der Waals surface area contributed by atoms with Gasteiger partial charge in [0.2, 0.25) is 0 Å². The molecule has 142 valence electrons. The summed E-state index contributed by atoms with van der Waals surface area (Å²) in [5, 5.41) is 13.7. The van der Waals surface area contributed by atoms with E-state index in [-0.39, 0.29) is 17.6 Å². The van der Waals surface area contributed by atoms with E-state index in [2.05, 4.69) is 0 Å². The fraction of sp³-hybridized carbons (Fsp3) is 0.190. The third-order valence-corrected chi connectivity index (χ3v) is 5.70. The van der Waals surface area contributed by atoms with Gasteiger partial charge in [-0.2, -0.15) is 0 Å². The van der Waals surface area contributed by atoms with Crippen LogP contribution in [0.15, 0.2) is 66.0 Å². The number of benzene rings is 2. The minimum atomic E-state index is -0.424. The van der Waals surface area contributed by atoms with Crippen LogP contribution in [-0.4, -0.2) is 30.4 Å². The highest BCUT2D eigenvalue weighted by Crippen LogP contribution is 2.34. The number of carbonyl (C=O) groups excluding carboxylic acids is 1. The van der Waals surface area contributed by atoms with Crippen LogP contribution < -0.4 is 4.90 Å². The molecule has 0 amide bonds. The summed E-state index contributed by atoms with van der Waals surface area (Å²) in [6, 6.07) is 17.5. The lowest BCUT2D eigenvalue weighted by Crippen LogP contribution is -2.38. The Bertz CT molecular complexity index is 989. The fourth-order valence-electron chi connectivity index (χ4n) is 3.35. The second kappa shape index (κ2) is 7.92. The van der Waals surface area contributed by atoms with Crippen molar-refractivity contribution >= 4 is 28.5 Å². The number of anilines is 1. The van der Waals surface area contributed by atoms with Gasteiger partial charge < -0.3 is 9.64 Å². The molecule has 1 aliphatic rings. The van der Waals surface area contributed by atoms with E-state index in [1.807, 2.05) is 28.5 Å².